The van der Waals surface area contributed by atoms with E-state index in [9.17, 15) is 4.79 Å². The van der Waals surface area contributed by atoms with Gasteiger partial charge in [0, 0.05) is 10.6 Å². The number of amides is 1. The van der Waals surface area contributed by atoms with Crippen LogP contribution >= 0.6 is 38.9 Å². The van der Waals surface area contributed by atoms with Crippen LogP contribution in [0.25, 0.3) is 0 Å². The van der Waals surface area contributed by atoms with E-state index in [1.54, 1.807) is 11.3 Å². The van der Waals surface area contributed by atoms with Crippen molar-refractivity contribution in [3.05, 3.63) is 50.7 Å². The van der Waals surface area contributed by atoms with Crippen molar-refractivity contribution in [2.75, 3.05) is 5.32 Å². The van der Waals surface area contributed by atoms with E-state index in [2.05, 4.69) is 27.3 Å². The fourth-order valence-corrected chi connectivity index (χ4v) is 4.20. The van der Waals surface area contributed by atoms with Gasteiger partial charge in [-0.15, -0.1) is 11.3 Å². The molecule has 1 aliphatic heterocycles. The molecule has 1 amide bonds. The highest BCUT2D eigenvalue weighted by Crippen LogP contribution is 2.40. The summed E-state index contributed by atoms with van der Waals surface area (Å²) in [5.41, 5.74) is 3.09. The molecule has 0 fully saturated rings. The van der Waals surface area contributed by atoms with Gasteiger partial charge in [0.15, 0.2) is 0 Å². The number of halogens is 2. The van der Waals surface area contributed by atoms with Gasteiger partial charge < -0.3 is 5.32 Å². The molecular weight excluding hydrogens is 334 g/mol. The maximum absolute atomic E-state index is 11.3. The first-order chi connectivity index (χ1) is 8.65. The number of benzene rings is 1. The fraction of sp³-hybridized carbons (Fsp3) is 0.154. The number of rotatable bonds is 2. The zero-order chi connectivity index (χ0) is 12.7. The van der Waals surface area contributed by atoms with Crippen LogP contribution in [0.15, 0.2) is 29.6 Å². The second-order valence-corrected chi connectivity index (χ2v) is 6.41. The van der Waals surface area contributed by atoms with Crippen LogP contribution in [0.5, 0.6) is 0 Å². The van der Waals surface area contributed by atoms with Gasteiger partial charge >= 0.3 is 0 Å². The van der Waals surface area contributed by atoms with Crippen molar-refractivity contribution in [3.63, 3.8) is 0 Å². The summed E-state index contributed by atoms with van der Waals surface area (Å²) in [6, 6.07) is 7.92. The molecule has 0 spiro atoms. The number of nitrogens with one attached hydrogen (secondary N) is 1. The van der Waals surface area contributed by atoms with Crippen molar-refractivity contribution in [3.8, 4) is 0 Å². The molecule has 92 valence electrons. The van der Waals surface area contributed by atoms with Crippen LogP contribution < -0.4 is 5.32 Å². The van der Waals surface area contributed by atoms with Crippen LogP contribution in [0.3, 0.4) is 0 Å². The number of carbonyl (C=O) groups excluding carboxylic acids is 1. The summed E-state index contributed by atoms with van der Waals surface area (Å²) in [5, 5.41) is 5.58. The summed E-state index contributed by atoms with van der Waals surface area (Å²) >= 11 is 11.4. The van der Waals surface area contributed by atoms with E-state index in [0.717, 1.165) is 26.7 Å². The Labute approximate surface area is 122 Å². The monoisotopic (exact) mass is 341 g/mol. The lowest BCUT2D eigenvalue weighted by atomic mass is 10.1. The number of alkyl halides is 1. The van der Waals surface area contributed by atoms with Crippen LogP contribution in [-0.2, 0) is 11.2 Å². The van der Waals surface area contributed by atoms with E-state index in [0.29, 0.717) is 6.42 Å². The highest BCUT2D eigenvalue weighted by Gasteiger charge is 2.21. The largest absolute Gasteiger partial charge is 0.326 e. The SMILES string of the molecule is O=C1Cc2cc(C(Br)c3sccc3Cl)ccc2N1. The molecule has 18 heavy (non-hydrogen) atoms. The Hall–Kier alpha value is -0.840. The Morgan fingerprint density at radius 2 is 2.22 bits per heavy atom. The van der Waals surface area contributed by atoms with E-state index in [4.69, 9.17) is 11.6 Å². The number of thiophene rings is 1. The van der Waals surface area contributed by atoms with Gasteiger partial charge in [0.25, 0.3) is 0 Å². The minimum absolute atomic E-state index is 0.0578. The molecule has 0 aliphatic carbocycles. The van der Waals surface area contributed by atoms with Gasteiger partial charge in [-0.25, -0.2) is 0 Å². The second-order valence-electron chi connectivity index (χ2n) is 4.14. The molecule has 1 aromatic heterocycles. The van der Waals surface area contributed by atoms with Crippen LogP contribution in [0.4, 0.5) is 5.69 Å². The summed E-state index contributed by atoms with van der Waals surface area (Å²) in [5.74, 6) is 0.0578. The van der Waals surface area contributed by atoms with Crippen molar-refractivity contribution in [1.82, 2.24) is 0 Å². The normalized spacial score (nSPS) is 15.3. The molecule has 0 saturated carbocycles. The second kappa shape index (κ2) is 4.68. The third-order valence-electron chi connectivity index (χ3n) is 2.92. The van der Waals surface area contributed by atoms with Crippen molar-refractivity contribution >= 4 is 50.5 Å². The number of anilines is 1. The maximum Gasteiger partial charge on any atom is 0.228 e. The smallest absolute Gasteiger partial charge is 0.228 e. The first-order valence-electron chi connectivity index (χ1n) is 5.45. The molecule has 1 unspecified atom stereocenters. The van der Waals surface area contributed by atoms with E-state index < -0.39 is 0 Å². The lowest BCUT2D eigenvalue weighted by molar-refractivity contribution is -0.115. The van der Waals surface area contributed by atoms with Crippen LogP contribution in [-0.4, -0.2) is 5.91 Å². The topological polar surface area (TPSA) is 29.1 Å². The molecule has 0 saturated heterocycles. The molecule has 2 nitrogen and oxygen atoms in total. The van der Waals surface area contributed by atoms with E-state index in [1.165, 1.54) is 0 Å². The Morgan fingerprint density at radius 3 is 2.94 bits per heavy atom. The summed E-state index contributed by atoms with van der Waals surface area (Å²) in [6.07, 6.45) is 0.459. The van der Waals surface area contributed by atoms with Gasteiger partial charge in [0.2, 0.25) is 5.91 Å². The molecule has 2 heterocycles. The van der Waals surface area contributed by atoms with Crippen LogP contribution in [0.1, 0.15) is 20.8 Å². The van der Waals surface area contributed by atoms with Crippen molar-refractivity contribution in [1.29, 1.82) is 0 Å². The highest BCUT2D eigenvalue weighted by atomic mass is 79.9. The Morgan fingerprint density at radius 1 is 1.39 bits per heavy atom. The quantitative estimate of drug-likeness (QED) is 0.806. The highest BCUT2D eigenvalue weighted by molar-refractivity contribution is 9.09. The Kier molecular flexibility index (Phi) is 3.18. The third-order valence-corrected chi connectivity index (χ3v) is 5.63. The van der Waals surface area contributed by atoms with E-state index >= 15 is 0 Å². The summed E-state index contributed by atoms with van der Waals surface area (Å²) in [7, 11) is 0. The zero-order valence-corrected chi connectivity index (χ0v) is 12.4. The average Bonchev–Trinajstić information content (AvgIpc) is 2.91. The molecule has 1 atom stereocenters. The molecule has 1 aliphatic rings. The van der Waals surface area contributed by atoms with Gasteiger partial charge in [-0.3, -0.25) is 4.79 Å². The van der Waals surface area contributed by atoms with Crippen molar-refractivity contribution in [2.45, 2.75) is 11.2 Å². The Bertz CT molecular complexity index is 625. The van der Waals surface area contributed by atoms with Gasteiger partial charge in [-0.1, -0.05) is 39.7 Å². The van der Waals surface area contributed by atoms with Crippen molar-refractivity contribution < 1.29 is 4.79 Å². The van der Waals surface area contributed by atoms with Gasteiger partial charge in [-0.05, 0) is 28.6 Å². The molecule has 2 aromatic rings. The minimum Gasteiger partial charge on any atom is -0.326 e. The number of carbonyl (C=O) groups is 1. The van der Waals surface area contributed by atoms with E-state index in [-0.39, 0.29) is 10.7 Å². The number of hydrogen-bond donors (Lipinski definition) is 1. The minimum atomic E-state index is 0.0578. The Balaban J connectivity index is 1.97. The predicted octanol–water partition coefficient (Wildman–Crippen LogP) is 4.38. The standard InChI is InChI=1S/C13H9BrClNOS/c14-12(13-9(15)3-4-18-13)7-1-2-10-8(5-7)6-11(17)16-10/h1-5,12H,6H2,(H,16,17). The lowest BCUT2D eigenvalue weighted by Crippen LogP contribution is -2.03. The molecular formula is C13H9BrClNOS. The molecule has 1 aromatic carbocycles. The zero-order valence-electron chi connectivity index (χ0n) is 9.24. The number of fused-ring (bicyclic) bond motifs is 1. The van der Waals surface area contributed by atoms with Crippen molar-refractivity contribution in [2.24, 2.45) is 0 Å². The molecule has 3 rings (SSSR count). The first-order valence-corrected chi connectivity index (χ1v) is 7.62. The summed E-state index contributed by atoms with van der Waals surface area (Å²) < 4.78 is 0. The molecule has 1 N–H and O–H groups in total. The summed E-state index contributed by atoms with van der Waals surface area (Å²) in [4.78, 5) is 12.5. The maximum atomic E-state index is 11.3. The van der Waals surface area contributed by atoms with Gasteiger partial charge in [0.05, 0.1) is 16.3 Å². The third kappa shape index (κ3) is 2.09. The molecule has 0 radical (unpaired) electrons. The average molecular weight is 343 g/mol. The van der Waals surface area contributed by atoms with E-state index in [1.807, 2.05) is 23.6 Å². The molecule has 5 heteroatoms. The van der Waals surface area contributed by atoms with Gasteiger partial charge in [0.1, 0.15) is 0 Å². The fourth-order valence-electron chi connectivity index (χ4n) is 2.04. The summed E-state index contributed by atoms with van der Waals surface area (Å²) in [6.45, 7) is 0. The number of hydrogen-bond acceptors (Lipinski definition) is 2. The van der Waals surface area contributed by atoms with Crippen LogP contribution in [0, 0.1) is 0 Å². The first kappa shape index (κ1) is 12.2. The van der Waals surface area contributed by atoms with Gasteiger partial charge in [-0.2, -0.15) is 0 Å². The lowest BCUT2D eigenvalue weighted by Gasteiger charge is -2.10. The molecule has 0 bridgehead atoms. The van der Waals surface area contributed by atoms with Crippen LogP contribution in [0.2, 0.25) is 5.02 Å². The predicted molar refractivity (Wildman–Crippen MR) is 78.9 cm³/mol.